The summed E-state index contributed by atoms with van der Waals surface area (Å²) >= 11 is 25.2. The van der Waals surface area contributed by atoms with Crippen molar-refractivity contribution in [1.82, 2.24) is 10.2 Å². The smallest absolute Gasteiger partial charge is 0.264 e. The van der Waals surface area contributed by atoms with Gasteiger partial charge in [-0.1, -0.05) is 89.6 Å². The molecule has 3 aromatic carbocycles. The fraction of sp³-hybridized carbons (Fsp3) is 0.310. The quantitative estimate of drug-likeness (QED) is 0.255. The lowest BCUT2D eigenvalue weighted by Crippen LogP contribution is -2.52. The van der Waals surface area contributed by atoms with Gasteiger partial charge in [0.1, 0.15) is 12.6 Å². The summed E-state index contributed by atoms with van der Waals surface area (Å²) in [5.41, 5.74) is 0.576. The monoisotopic (exact) mass is 655 g/mol. The molecule has 0 heterocycles. The average Bonchev–Trinajstić information content (AvgIpc) is 3.46. The van der Waals surface area contributed by atoms with Crippen LogP contribution in [0.25, 0.3) is 0 Å². The molecular formula is C29H29Cl4N3O4S. The number of nitrogens with one attached hydrogen (secondary N) is 1. The molecule has 0 aliphatic heterocycles. The third-order valence-electron chi connectivity index (χ3n) is 7.03. The van der Waals surface area contributed by atoms with Crippen molar-refractivity contribution >= 4 is 73.9 Å². The van der Waals surface area contributed by atoms with Crippen molar-refractivity contribution in [3.8, 4) is 0 Å². The normalized spacial score (nSPS) is 14.5. The fourth-order valence-electron chi connectivity index (χ4n) is 4.73. The van der Waals surface area contributed by atoms with E-state index in [-0.39, 0.29) is 39.1 Å². The maximum absolute atomic E-state index is 14.1. The molecule has 2 amide bonds. The van der Waals surface area contributed by atoms with E-state index >= 15 is 0 Å². The molecule has 218 valence electrons. The Morgan fingerprint density at radius 3 is 2.27 bits per heavy atom. The molecule has 1 atom stereocenters. The van der Waals surface area contributed by atoms with Crippen LogP contribution in [0, 0.1) is 0 Å². The molecule has 0 saturated heterocycles. The van der Waals surface area contributed by atoms with Gasteiger partial charge in [-0.15, -0.1) is 0 Å². The summed E-state index contributed by atoms with van der Waals surface area (Å²) < 4.78 is 28.7. The summed E-state index contributed by atoms with van der Waals surface area (Å²) in [6.45, 7) is 0.897. The Morgan fingerprint density at radius 2 is 1.61 bits per heavy atom. The standard InChI is InChI=1S/C29H29Cl4N3O4S/c1-19(29(38)34-22-8-5-6-9-22)35(17-20-14-15-21(30)16-25(20)32)27(37)18-36(26-13-7-12-24(31)28(26)33)41(39,40)23-10-3-2-4-11-23/h2-4,7,10-16,19,22H,5-6,8-9,17-18H2,1H3,(H,34,38)/t19-/m0/s1. The first-order chi connectivity index (χ1) is 19.5. The Bertz CT molecular complexity index is 1520. The van der Waals surface area contributed by atoms with E-state index in [0.29, 0.717) is 15.6 Å². The highest BCUT2D eigenvalue weighted by atomic mass is 35.5. The SMILES string of the molecule is C[C@@H](C(=O)NC1CCCC1)N(Cc1ccc(Cl)cc1Cl)C(=O)CN(c1cccc(Cl)c1Cl)S(=O)(=O)c1ccccc1. The third kappa shape index (κ3) is 7.48. The number of nitrogens with zero attached hydrogens (tertiary/aromatic N) is 2. The largest absolute Gasteiger partial charge is 0.352 e. The summed E-state index contributed by atoms with van der Waals surface area (Å²) in [4.78, 5) is 28.7. The molecule has 0 radical (unpaired) electrons. The molecule has 0 bridgehead atoms. The molecule has 1 fully saturated rings. The predicted molar refractivity (Wildman–Crippen MR) is 164 cm³/mol. The number of carbonyl (C=O) groups excluding carboxylic acids is 2. The summed E-state index contributed by atoms with van der Waals surface area (Å²) in [6.07, 6.45) is 3.78. The van der Waals surface area contributed by atoms with Crippen molar-refractivity contribution < 1.29 is 18.0 Å². The van der Waals surface area contributed by atoms with Crippen LogP contribution in [0.5, 0.6) is 0 Å². The summed E-state index contributed by atoms with van der Waals surface area (Å²) in [5, 5.41) is 3.85. The number of rotatable bonds is 10. The van der Waals surface area contributed by atoms with E-state index in [1.807, 2.05) is 0 Å². The average molecular weight is 657 g/mol. The third-order valence-corrected chi connectivity index (χ3v) is 10.2. The first kappa shape index (κ1) is 31.4. The highest BCUT2D eigenvalue weighted by molar-refractivity contribution is 7.92. The number of hydrogen-bond acceptors (Lipinski definition) is 4. The van der Waals surface area contributed by atoms with Gasteiger partial charge in [0.15, 0.2) is 0 Å². The van der Waals surface area contributed by atoms with Crippen molar-refractivity contribution in [2.75, 3.05) is 10.8 Å². The zero-order chi connectivity index (χ0) is 29.7. The van der Waals surface area contributed by atoms with E-state index in [2.05, 4.69) is 5.32 Å². The lowest BCUT2D eigenvalue weighted by atomic mass is 10.1. The Morgan fingerprint density at radius 1 is 0.927 bits per heavy atom. The van der Waals surface area contributed by atoms with Crippen LogP contribution in [-0.4, -0.2) is 43.8 Å². The molecule has 0 aromatic heterocycles. The lowest BCUT2D eigenvalue weighted by molar-refractivity contribution is -0.139. The second-order valence-electron chi connectivity index (χ2n) is 9.82. The van der Waals surface area contributed by atoms with Crippen LogP contribution in [0.2, 0.25) is 20.1 Å². The van der Waals surface area contributed by atoms with Gasteiger partial charge >= 0.3 is 0 Å². The minimum Gasteiger partial charge on any atom is -0.352 e. The number of carbonyl (C=O) groups is 2. The zero-order valence-electron chi connectivity index (χ0n) is 22.2. The van der Waals surface area contributed by atoms with Gasteiger partial charge in [-0.2, -0.15) is 0 Å². The van der Waals surface area contributed by atoms with Crippen LogP contribution >= 0.6 is 46.4 Å². The van der Waals surface area contributed by atoms with Gasteiger partial charge in [0.2, 0.25) is 11.8 Å². The highest BCUT2D eigenvalue weighted by Crippen LogP contribution is 2.35. The van der Waals surface area contributed by atoms with Crippen LogP contribution in [0.15, 0.2) is 71.6 Å². The van der Waals surface area contributed by atoms with Gasteiger partial charge in [0.05, 0.1) is 20.6 Å². The van der Waals surface area contributed by atoms with Crippen LogP contribution in [0.1, 0.15) is 38.2 Å². The summed E-state index contributed by atoms with van der Waals surface area (Å²) in [6, 6.07) is 16.2. The first-order valence-corrected chi connectivity index (χ1v) is 16.0. The molecule has 1 aliphatic carbocycles. The highest BCUT2D eigenvalue weighted by Gasteiger charge is 2.34. The van der Waals surface area contributed by atoms with Crippen molar-refractivity contribution in [3.63, 3.8) is 0 Å². The zero-order valence-corrected chi connectivity index (χ0v) is 26.0. The molecule has 12 heteroatoms. The van der Waals surface area contributed by atoms with Gasteiger partial charge in [-0.05, 0) is 61.7 Å². The Kier molecular flexibility index (Phi) is 10.5. The van der Waals surface area contributed by atoms with Gasteiger partial charge in [-0.3, -0.25) is 13.9 Å². The second-order valence-corrected chi connectivity index (χ2v) is 13.3. The second kappa shape index (κ2) is 13.7. The molecule has 0 spiro atoms. The van der Waals surface area contributed by atoms with Gasteiger partial charge in [0, 0.05) is 22.6 Å². The Labute approximate surface area is 260 Å². The van der Waals surface area contributed by atoms with E-state index in [9.17, 15) is 18.0 Å². The first-order valence-electron chi connectivity index (χ1n) is 13.0. The molecule has 1 N–H and O–H groups in total. The minimum absolute atomic E-state index is 0.0270. The van der Waals surface area contributed by atoms with Crippen LogP contribution < -0.4 is 9.62 Å². The van der Waals surface area contributed by atoms with E-state index in [1.165, 1.54) is 29.2 Å². The Hall–Kier alpha value is -2.49. The van der Waals surface area contributed by atoms with Crippen LogP contribution in [0.4, 0.5) is 5.69 Å². The van der Waals surface area contributed by atoms with Crippen LogP contribution in [0.3, 0.4) is 0 Å². The van der Waals surface area contributed by atoms with Crippen molar-refractivity contribution in [3.05, 3.63) is 92.4 Å². The van der Waals surface area contributed by atoms with E-state index in [1.54, 1.807) is 49.4 Å². The molecule has 3 aromatic rings. The number of anilines is 1. The lowest BCUT2D eigenvalue weighted by Gasteiger charge is -2.33. The van der Waals surface area contributed by atoms with Crippen molar-refractivity contribution in [1.29, 1.82) is 0 Å². The molecule has 0 unspecified atom stereocenters. The number of benzene rings is 3. The molecular weight excluding hydrogens is 628 g/mol. The van der Waals surface area contributed by atoms with E-state index < -0.39 is 28.5 Å². The maximum atomic E-state index is 14.1. The summed E-state index contributed by atoms with van der Waals surface area (Å²) in [7, 11) is -4.27. The minimum atomic E-state index is -4.27. The predicted octanol–water partition coefficient (Wildman–Crippen LogP) is 6.97. The van der Waals surface area contributed by atoms with Gasteiger partial charge < -0.3 is 10.2 Å². The molecule has 4 rings (SSSR count). The fourth-order valence-corrected chi connectivity index (χ4v) is 7.09. The number of hydrogen-bond donors (Lipinski definition) is 1. The van der Waals surface area contributed by atoms with E-state index in [4.69, 9.17) is 46.4 Å². The number of amides is 2. The topological polar surface area (TPSA) is 86.8 Å². The molecule has 41 heavy (non-hydrogen) atoms. The Balaban J connectivity index is 1.73. The number of halogens is 4. The molecule has 7 nitrogen and oxygen atoms in total. The van der Waals surface area contributed by atoms with E-state index in [0.717, 1.165) is 30.0 Å². The van der Waals surface area contributed by atoms with Crippen molar-refractivity contribution in [2.45, 2.75) is 56.1 Å². The van der Waals surface area contributed by atoms with Crippen molar-refractivity contribution in [2.24, 2.45) is 0 Å². The molecule has 1 aliphatic rings. The van der Waals surface area contributed by atoms with Crippen LogP contribution in [-0.2, 0) is 26.2 Å². The number of sulfonamides is 1. The maximum Gasteiger partial charge on any atom is 0.264 e. The van der Waals surface area contributed by atoms with Gasteiger partial charge in [0.25, 0.3) is 10.0 Å². The summed E-state index contributed by atoms with van der Waals surface area (Å²) in [5.74, 6) is -0.978. The van der Waals surface area contributed by atoms with Gasteiger partial charge in [-0.25, -0.2) is 8.42 Å². The molecule has 1 saturated carbocycles.